The molecule has 2 aromatic carbocycles. The summed E-state index contributed by atoms with van der Waals surface area (Å²) in [7, 11) is 0. The fourth-order valence-corrected chi connectivity index (χ4v) is 2.92. The Morgan fingerprint density at radius 1 is 0.926 bits per heavy atom. The fourth-order valence-electron chi connectivity index (χ4n) is 2.92. The summed E-state index contributed by atoms with van der Waals surface area (Å²) in [5.41, 5.74) is 2.21. The molecule has 3 amide bonds. The van der Waals surface area contributed by atoms with E-state index >= 15 is 0 Å². The minimum atomic E-state index is -0.0955. The lowest BCUT2D eigenvalue weighted by Crippen LogP contribution is -2.53. The number of amides is 3. The van der Waals surface area contributed by atoms with Crippen LogP contribution in [0.15, 0.2) is 54.6 Å². The average molecular weight is 367 g/mol. The summed E-state index contributed by atoms with van der Waals surface area (Å²) in [6, 6.07) is 17.3. The highest BCUT2D eigenvalue weighted by molar-refractivity contribution is 5.79. The SMILES string of the molecule is Cc1ccc(OCC(=O)N2CCN(C(=O)NCc3ccccc3)CC2)cc1. The van der Waals surface area contributed by atoms with Gasteiger partial charge in [0.2, 0.25) is 0 Å². The number of hydrogen-bond donors (Lipinski definition) is 1. The molecular formula is C21H25N3O3. The number of urea groups is 1. The Morgan fingerprint density at radius 2 is 1.56 bits per heavy atom. The van der Waals surface area contributed by atoms with Gasteiger partial charge in [0.25, 0.3) is 5.91 Å². The Bertz CT molecular complexity index is 754. The molecule has 1 saturated heterocycles. The van der Waals surface area contributed by atoms with Gasteiger partial charge in [0.1, 0.15) is 5.75 Å². The molecule has 2 aromatic rings. The number of carbonyl (C=O) groups excluding carboxylic acids is 2. The minimum absolute atomic E-state index is 0.0171. The van der Waals surface area contributed by atoms with Crippen molar-refractivity contribution >= 4 is 11.9 Å². The van der Waals surface area contributed by atoms with E-state index in [4.69, 9.17) is 4.74 Å². The predicted molar refractivity (Wildman–Crippen MR) is 104 cm³/mol. The van der Waals surface area contributed by atoms with E-state index in [1.807, 2.05) is 61.5 Å². The van der Waals surface area contributed by atoms with Crippen molar-refractivity contribution in [1.29, 1.82) is 0 Å². The summed E-state index contributed by atoms with van der Waals surface area (Å²) in [6.45, 7) is 4.62. The van der Waals surface area contributed by atoms with Crippen LogP contribution < -0.4 is 10.1 Å². The first kappa shape index (κ1) is 18.8. The normalized spacial score (nSPS) is 14.0. The van der Waals surface area contributed by atoms with Gasteiger partial charge in [0.15, 0.2) is 6.61 Å². The minimum Gasteiger partial charge on any atom is -0.484 e. The number of aryl methyl sites for hydroxylation is 1. The van der Waals surface area contributed by atoms with Crippen LogP contribution in [0.3, 0.4) is 0 Å². The molecule has 1 N–H and O–H groups in total. The highest BCUT2D eigenvalue weighted by Crippen LogP contribution is 2.12. The lowest BCUT2D eigenvalue weighted by molar-refractivity contribution is -0.134. The summed E-state index contributed by atoms with van der Waals surface area (Å²) in [6.07, 6.45) is 0. The van der Waals surface area contributed by atoms with E-state index in [0.717, 1.165) is 11.1 Å². The maximum absolute atomic E-state index is 12.3. The van der Waals surface area contributed by atoms with Gasteiger partial charge in [-0.05, 0) is 24.6 Å². The van der Waals surface area contributed by atoms with Crippen LogP contribution in [-0.2, 0) is 11.3 Å². The van der Waals surface area contributed by atoms with Gasteiger partial charge in [-0.1, -0.05) is 48.0 Å². The van der Waals surface area contributed by atoms with Gasteiger partial charge < -0.3 is 19.9 Å². The van der Waals surface area contributed by atoms with Crippen LogP contribution in [0, 0.1) is 6.92 Å². The maximum atomic E-state index is 12.3. The molecule has 1 heterocycles. The second kappa shape index (κ2) is 9.07. The third-order valence-corrected chi connectivity index (χ3v) is 4.59. The van der Waals surface area contributed by atoms with Gasteiger partial charge in [-0.3, -0.25) is 4.79 Å². The van der Waals surface area contributed by atoms with Gasteiger partial charge in [-0.25, -0.2) is 4.79 Å². The van der Waals surface area contributed by atoms with Gasteiger partial charge in [-0.15, -0.1) is 0 Å². The zero-order valence-electron chi connectivity index (χ0n) is 15.6. The maximum Gasteiger partial charge on any atom is 0.317 e. The number of carbonyl (C=O) groups is 2. The molecule has 3 rings (SSSR count). The van der Waals surface area contributed by atoms with Crippen LogP contribution in [-0.4, -0.2) is 54.5 Å². The summed E-state index contributed by atoms with van der Waals surface area (Å²) < 4.78 is 5.55. The van der Waals surface area contributed by atoms with Crippen LogP contribution in [0.25, 0.3) is 0 Å². The highest BCUT2D eigenvalue weighted by atomic mass is 16.5. The molecule has 0 unspecified atom stereocenters. The molecule has 0 aromatic heterocycles. The van der Waals surface area contributed by atoms with E-state index < -0.39 is 0 Å². The second-order valence-corrected chi connectivity index (χ2v) is 6.61. The number of rotatable bonds is 5. The predicted octanol–water partition coefficient (Wildman–Crippen LogP) is 2.43. The lowest BCUT2D eigenvalue weighted by atomic mass is 10.2. The lowest BCUT2D eigenvalue weighted by Gasteiger charge is -2.34. The third-order valence-electron chi connectivity index (χ3n) is 4.59. The van der Waals surface area contributed by atoms with E-state index in [0.29, 0.717) is 38.5 Å². The van der Waals surface area contributed by atoms with E-state index in [2.05, 4.69) is 5.32 Å². The topological polar surface area (TPSA) is 61.9 Å². The number of ether oxygens (including phenoxy) is 1. The van der Waals surface area contributed by atoms with Gasteiger partial charge in [0.05, 0.1) is 0 Å². The fraction of sp³-hybridized carbons (Fsp3) is 0.333. The molecule has 1 aliphatic heterocycles. The zero-order valence-corrected chi connectivity index (χ0v) is 15.6. The molecule has 27 heavy (non-hydrogen) atoms. The molecule has 6 heteroatoms. The van der Waals surface area contributed by atoms with E-state index in [9.17, 15) is 9.59 Å². The Kier molecular flexibility index (Phi) is 6.30. The largest absolute Gasteiger partial charge is 0.484 e. The molecule has 142 valence electrons. The summed E-state index contributed by atoms with van der Waals surface area (Å²) in [5.74, 6) is 0.632. The van der Waals surface area contributed by atoms with Crippen LogP contribution in [0.4, 0.5) is 4.79 Å². The smallest absolute Gasteiger partial charge is 0.317 e. The molecule has 1 fully saturated rings. The van der Waals surface area contributed by atoms with Crippen LogP contribution in [0.5, 0.6) is 5.75 Å². The van der Waals surface area contributed by atoms with E-state index in [1.165, 1.54) is 0 Å². The summed E-state index contributed by atoms with van der Waals surface area (Å²) in [4.78, 5) is 28.1. The van der Waals surface area contributed by atoms with Crippen molar-refractivity contribution in [3.63, 3.8) is 0 Å². The average Bonchev–Trinajstić information content (AvgIpc) is 2.72. The molecule has 0 aliphatic carbocycles. The quantitative estimate of drug-likeness (QED) is 0.883. The van der Waals surface area contributed by atoms with E-state index in [-0.39, 0.29) is 18.5 Å². The first-order valence-electron chi connectivity index (χ1n) is 9.16. The number of nitrogens with one attached hydrogen (secondary N) is 1. The van der Waals surface area contributed by atoms with Crippen molar-refractivity contribution in [3.8, 4) is 5.75 Å². The Labute approximate surface area is 159 Å². The van der Waals surface area contributed by atoms with Crippen LogP contribution in [0.1, 0.15) is 11.1 Å². The van der Waals surface area contributed by atoms with Crippen molar-refractivity contribution in [2.45, 2.75) is 13.5 Å². The molecule has 6 nitrogen and oxygen atoms in total. The number of hydrogen-bond acceptors (Lipinski definition) is 3. The molecule has 0 radical (unpaired) electrons. The van der Waals surface area contributed by atoms with Crippen molar-refractivity contribution in [2.75, 3.05) is 32.8 Å². The number of nitrogens with zero attached hydrogens (tertiary/aromatic N) is 2. The van der Waals surface area contributed by atoms with Crippen LogP contribution >= 0.6 is 0 Å². The number of benzene rings is 2. The summed E-state index contributed by atoms with van der Waals surface area (Å²) >= 11 is 0. The van der Waals surface area contributed by atoms with Gasteiger partial charge in [0, 0.05) is 32.7 Å². The van der Waals surface area contributed by atoms with Crippen molar-refractivity contribution in [1.82, 2.24) is 15.1 Å². The van der Waals surface area contributed by atoms with E-state index in [1.54, 1.807) is 9.80 Å². The van der Waals surface area contributed by atoms with Crippen molar-refractivity contribution < 1.29 is 14.3 Å². The summed E-state index contributed by atoms with van der Waals surface area (Å²) in [5, 5.41) is 2.92. The van der Waals surface area contributed by atoms with Crippen LogP contribution in [0.2, 0.25) is 0 Å². The van der Waals surface area contributed by atoms with Gasteiger partial charge in [-0.2, -0.15) is 0 Å². The molecule has 1 aliphatic rings. The standard InChI is InChI=1S/C21H25N3O3/c1-17-7-9-19(10-8-17)27-16-20(25)23-11-13-24(14-12-23)21(26)22-15-18-5-3-2-4-6-18/h2-10H,11-16H2,1H3,(H,22,26). The molecule has 0 spiro atoms. The van der Waals surface area contributed by atoms with Gasteiger partial charge >= 0.3 is 6.03 Å². The zero-order chi connectivity index (χ0) is 19.1. The third kappa shape index (κ3) is 5.48. The first-order valence-corrected chi connectivity index (χ1v) is 9.16. The second-order valence-electron chi connectivity index (χ2n) is 6.61. The highest BCUT2D eigenvalue weighted by Gasteiger charge is 2.24. The molecule has 0 bridgehead atoms. The van der Waals surface area contributed by atoms with Crippen molar-refractivity contribution in [2.24, 2.45) is 0 Å². The first-order chi connectivity index (χ1) is 13.1. The molecular weight excluding hydrogens is 342 g/mol. The molecule has 0 saturated carbocycles. The Hall–Kier alpha value is -3.02. The number of piperazine rings is 1. The monoisotopic (exact) mass is 367 g/mol. The van der Waals surface area contributed by atoms with Crippen molar-refractivity contribution in [3.05, 3.63) is 65.7 Å². The Morgan fingerprint density at radius 3 is 2.22 bits per heavy atom. The Balaban J connectivity index is 1.39. The molecule has 0 atom stereocenters.